The highest BCUT2D eigenvalue weighted by molar-refractivity contribution is 5.92. The minimum Gasteiger partial charge on any atom is -0.267 e. The van der Waals surface area contributed by atoms with Gasteiger partial charge in [0.1, 0.15) is 6.33 Å². The van der Waals surface area contributed by atoms with E-state index in [1.54, 1.807) is 15.5 Å². The van der Waals surface area contributed by atoms with Gasteiger partial charge in [-0.25, -0.2) is 9.20 Å². The summed E-state index contributed by atoms with van der Waals surface area (Å²) in [6.45, 7) is 2.96. The van der Waals surface area contributed by atoms with Crippen molar-refractivity contribution in [1.82, 2.24) is 19.4 Å². The Morgan fingerprint density at radius 3 is 2.33 bits per heavy atom. The molecule has 0 radical (unpaired) electrons. The lowest BCUT2D eigenvalue weighted by Crippen LogP contribution is -2.26. The van der Waals surface area contributed by atoms with Crippen molar-refractivity contribution >= 4 is 16.4 Å². The highest BCUT2D eigenvalue weighted by atomic mass is 16.1. The molecule has 3 rings (SSSR count). The summed E-state index contributed by atoms with van der Waals surface area (Å²) in [4.78, 5) is 12.8. The van der Waals surface area contributed by atoms with Crippen molar-refractivity contribution in [3.05, 3.63) is 40.9 Å². The molecule has 3 aromatic rings. The second-order valence-electron chi connectivity index (χ2n) is 6.45. The largest absolute Gasteiger partial charge is 0.273 e. The Balaban J connectivity index is 1.67. The molecule has 24 heavy (non-hydrogen) atoms. The third-order valence-corrected chi connectivity index (χ3v) is 4.65. The van der Waals surface area contributed by atoms with E-state index in [9.17, 15) is 4.79 Å². The molecule has 0 spiro atoms. The van der Waals surface area contributed by atoms with Crippen molar-refractivity contribution in [2.75, 3.05) is 0 Å². The minimum atomic E-state index is 0.0424. The molecule has 0 aliphatic rings. The zero-order valence-corrected chi connectivity index (χ0v) is 14.4. The summed E-state index contributed by atoms with van der Waals surface area (Å²) < 4.78 is 3.57. The molecule has 0 aliphatic heterocycles. The van der Waals surface area contributed by atoms with Crippen molar-refractivity contribution in [3.8, 4) is 0 Å². The van der Waals surface area contributed by atoms with Gasteiger partial charge in [0.05, 0.1) is 5.39 Å². The number of hydrogen-bond acceptors (Lipinski definition) is 3. The lowest BCUT2D eigenvalue weighted by atomic mass is 10.1. The number of rotatable bonds is 9. The van der Waals surface area contributed by atoms with Crippen LogP contribution in [0.4, 0.5) is 0 Å². The van der Waals surface area contributed by atoms with Crippen LogP contribution in [0.1, 0.15) is 58.3 Å². The molecule has 0 aliphatic carbocycles. The third kappa shape index (κ3) is 3.50. The Morgan fingerprint density at radius 2 is 1.58 bits per heavy atom. The summed E-state index contributed by atoms with van der Waals surface area (Å²) >= 11 is 0. The van der Waals surface area contributed by atoms with Gasteiger partial charge in [-0.15, -0.1) is 10.2 Å². The third-order valence-electron chi connectivity index (χ3n) is 4.65. The van der Waals surface area contributed by atoms with Crippen molar-refractivity contribution in [2.24, 2.45) is 0 Å². The van der Waals surface area contributed by atoms with Gasteiger partial charge in [0, 0.05) is 11.9 Å². The SMILES string of the molecule is CCCCCCCCCCn1c(=O)c2ccccc2c2nncn21. The number of benzene rings is 1. The zero-order valence-electron chi connectivity index (χ0n) is 14.4. The second-order valence-corrected chi connectivity index (χ2v) is 6.45. The fraction of sp³-hybridized carbons (Fsp3) is 0.526. The van der Waals surface area contributed by atoms with Crippen LogP contribution >= 0.6 is 0 Å². The smallest absolute Gasteiger partial charge is 0.267 e. The number of nitrogens with zero attached hydrogens (tertiary/aromatic N) is 4. The Kier molecular flexibility index (Phi) is 5.62. The molecule has 0 N–H and O–H groups in total. The summed E-state index contributed by atoms with van der Waals surface area (Å²) in [6.07, 6.45) is 11.7. The van der Waals surface area contributed by atoms with E-state index < -0.39 is 0 Å². The molecule has 0 bridgehead atoms. The van der Waals surface area contributed by atoms with E-state index in [1.807, 2.05) is 24.3 Å². The van der Waals surface area contributed by atoms with E-state index in [1.165, 1.54) is 38.5 Å². The first-order chi connectivity index (χ1) is 11.8. The van der Waals surface area contributed by atoms with Crippen molar-refractivity contribution in [1.29, 1.82) is 0 Å². The van der Waals surface area contributed by atoms with Gasteiger partial charge in [0.15, 0.2) is 5.65 Å². The van der Waals surface area contributed by atoms with Crippen LogP contribution in [0, 0.1) is 0 Å². The number of aromatic nitrogens is 4. The number of aryl methyl sites for hydroxylation is 1. The van der Waals surface area contributed by atoms with Gasteiger partial charge in [-0.2, -0.15) is 0 Å². The summed E-state index contributed by atoms with van der Waals surface area (Å²) in [7, 11) is 0. The van der Waals surface area contributed by atoms with Crippen LogP contribution in [0.3, 0.4) is 0 Å². The lowest BCUT2D eigenvalue weighted by Gasteiger charge is -2.10. The molecule has 2 aromatic heterocycles. The average Bonchev–Trinajstić information content (AvgIpc) is 3.09. The standard InChI is InChI=1S/C19H26N4O/c1-2-3-4-5-6-7-8-11-14-22-19(24)17-13-10-9-12-16(17)18-21-20-15-23(18)22/h9-10,12-13,15H,2-8,11,14H2,1H3. The van der Waals surface area contributed by atoms with Crippen LogP contribution in [0.5, 0.6) is 0 Å². The van der Waals surface area contributed by atoms with Gasteiger partial charge in [0.25, 0.3) is 5.56 Å². The van der Waals surface area contributed by atoms with Gasteiger partial charge >= 0.3 is 0 Å². The predicted octanol–water partition coefficient (Wildman–Crippen LogP) is 4.18. The van der Waals surface area contributed by atoms with E-state index >= 15 is 0 Å². The Bertz CT molecular complexity index is 849. The van der Waals surface area contributed by atoms with E-state index in [2.05, 4.69) is 17.1 Å². The maximum absolute atomic E-state index is 12.8. The van der Waals surface area contributed by atoms with E-state index in [-0.39, 0.29) is 5.56 Å². The van der Waals surface area contributed by atoms with Gasteiger partial charge in [-0.1, -0.05) is 70.1 Å². The van der Waals surface area contributed by atoms with Crippen LogP contribution in [-0.4, -0.2) is 19.4 Å². The van der Waals surface area contributed by atoms with Crippen molar-refractivity contribution < 1.29 is 0 Å². The fourth-order valence-electron chi connectivity index (χ4n) is 3.29. The number of unbranched alkanes of at least 4 members (excludes halogenated alkanes) is 7. The van der Waals surface area contributed by atoms with E-state index in [0.29, 0.717) is 6.54 Å². The summed E-state index contributed by atoms with van der Waals surface area (Å²) in [5.74, 6) is 0. The van der Waals surface area contributed by atoms with Crippen LogP contribution in [0.25, 0.3) is 16.4 Å². The molecule has 0 fully saturated rings. The molecule has 0 amide bonds. The summed E-state index contributed by atoms with van der Waals surface area (Å²) in [6, 6.07) is 7.63. The topological polar surface area (TPSA) is 52.2 Å². The highest BCUT2D eigenvalue weighted by Gasteiger charge is 2.11. The number of fused-ring (bicyclic) bond motifs is 3. The molecule has 0 atom stereocenters. The summed E-state index contributed by atoms with van der Waals surface area (Å²) in [5.41, 5.74) is 0.797. The molecular weight excluding hydrogens is 300 g/mol. The zero-order chi connectivity index (χ0) is 16.8. The van der Waals surface area contributed by atoms with Crippen LogP contribution in [0.2, 0.25) is 0 Å². The van der Waals surface area contributed by atoms with Gasteiger partial charge in [-0.05, 0) is 12.5 Å². The van der Waals surface area contributed by atoms with Crippen molar-refractivity contribution in [3.63, 3.8) is 0 Å². The average molecular weight is 326 g/mol. The normalized spacial score (nSPS) is 11.5. The molecule has 0 unspecified atom stereocenters. The van der Waals surface area contributed by atoms with Crippen molar-refractivity contribution in [2.45, 2.75) is 64.8 Å². The summed E-state index contributed by atoms with van der Waals surface area (Å²) in [5, 5.41) is 9.77. The lowest BCUT2D eigenvalue weighted by molar-refractivity contribution is 0.491. The van der Waals surface area contributed by atoms with Gasteiger partial charge in [0.2, 0.25) is 0 Å². The fourth-order valence-corrected chi connectivity index (χ4v) is 3.29. The molecule has 0 saturated carbocycles. The first kappa shape index (κ1) is 16.7. The minimum absolute atomic E-state index is 0.0424. The van der Waals surface area contributed by atoms with Crippen LogP contribution in [0.15, 0.2) is 35.4 Å². The molecule has 5 heteroatoms. The molecule has 128 valence electrons. The maximum Gasteiger partial charge on any atom is 0.273 e. The van der Waals surface area contributed by atoms with Crippen LogP contribution in [-0.2, 0) is 6.54 Å². The predicted molar refractivity (Wildman–Crippen MR) is 97.4 cm³/mol. The second kappa shape index (κ2) is 8.08. The van der Waals surface area contributed by atoms with E-state index in [4.69, 9.17) is 0 Å². The van der Waals surface area contributed by atoms with Crippen LogP contribution < -0.4 is 5.56 Å². The first-order valence-electron chi connectivity index (χ1n) is 9.14. The number of hydrogen-bond donors (Lipinski definition) is 0. The Hall–Kier alpha value is -2.17. The molecule has 0 saturated heterocycles. The molecular formula is C19H26N4O. The highest BCUT2D eigenvalue weighted by Crippen LogP contribution is 2.15. The van der Waals surface area contributed by atoms with Gasteiger partial charge in [-0.3, -0.25) is 4.79 Å². The molecule has 1 aromatic carbocycles. The quantitative estimate of drug-likeness (QED) is 0.554. The first-order valence-corrected chi connectivity index (χ1v) is 9.14. The monoisotopic (exact) mass is 326 g/mol. The molecule has 5 nitrogen and oxygen atoms in total. The Morgan fingerprint density at radius 1 is 0.917 bits per heavy atom. The van der Waals surface area contributed by atoms with E-state index in [0.717, 1.165) is 29.3 Å². The molecule has 2 heterocycles. The maximum atomic E-state index is 12.8. The van der Waals surface area contributed by atoms with Gasteiger partial charge < -0.3 is 0 Å². The Labute approximate surface area is 142 Å².